The van der Waals surface area contributed by atoms with E-state index in [1.807, 2.05) is 24.3 Å². The lowest BCUT2D eigenvalue weighted by molar-refractivity contribution is -0.137. The van der Waals surface area contributed by atoms with Gasteiger partial charge in [-0.2, -0.15) is 0 Å². The van der Waals surface area contributed by atoms with E-state index >= 15 is 0 Å². The number of piperidine rings is 1. The summed E-state index contributed by atoms with van der Waals surface area (Å²) >= 11 is 0. The van der Waals surface area contributed by atoms with Crippen LogP contribution in [0.3, 0.4) is 0 Å². The van der Waals surface area contributed by atoms with Crippen molar-refractivity contribution in [1.82, 2.24) is 14.8 Å². The molecule has 8 heteroatoms. The third-order valence-electron chi connectivity index (χ3n) is 6.59. The third-order valence-corrected chi connectivity index (χ3v) is 6.59. The van der Waals surface area contributed by atoms with Gasteiger partial charge < -0.3 is 15.4 Å². The first-order chi connectivity index (χ1) is 15.3. The molecular weight excluding hydrogens is 408 g/mol. The maximum atomic E-state index is 13.2. The molecule has 0 atom stereocenters. The summed E-state index contributed by atoms with van der Waals surface area (Å²) < 4.78 is 5.52. The second kappa shape index (κ2) is 9.24. The van der Waals surface area contributed by atoms with E-state index in [1.54, 1.807) is 4.90 Å². The molecule has 2 aromatic rings. The normalized spacial score (nSPS) is 17.4. The summed E-state index contributed by atoms with van der Waals surface area (Å²) in [4.78, 5) is 45.9. The molecule has 170 valence electrons. The largest absolute Gasteiger partial charge is 0.452 e. The number of esters is 1. The molecule has 32 heavy (non-hydrogen) atoms. The minimum atomic E-state index is -0.495. The lowest BCUT2D eigenvalue weighted by Gasteiger charge is -2.32. The first kappa shape index (κ1) is 22.2. The van der Waals surface area contributed by atoms with Crippen molar-refractivity contribution in [2.24, 2.45) is 11.7 Å². The van der Waals surface area contributed by atoms with Crippen LogP contribution in [0.15, 0.2) is 24.3 Å². The Morgan fingerprint density at radius 3 is 2.56 bits per heavy atom. The number of hydrogen-bond donors (Lipinski definition) is 1. The first-order valence-electron chi connectivity index (χ1n) is 11.2. The fourth-order valence-electron chi connectivity index (χ4n) is 4.59. The monoisotopic (exact) mass is 438 g/mol. The Balaban J connectivity index is 1.53. The van der Waals surface area contributed by atoms with Gasteiger partial charge in [0.15, 0.2) is 6.61 Å². The van der Waals surface area contributed by atoms with Crippen LogP contribution < -0.4 is 5.73 Å². The van der Waals surface area contributed by atoms with Crippen LogP contribution in [0.4, 0.5) is 0 Å². The summed E-state index contributed by atoms with van der Waals surface area (Å²) in [7, 11) is 0. The van der Waals surface area contributed by atoms with Gasteiger partial charge in [0.2, 0.25) is 5.91 Å². The molecule has 4 rings (SSSR count). The minimum Gasteiger partial charge on any atom is -0.452 e. The predicted octanol–water partition coefficient (Wildman–Crippen LogP) is 1.88. The maximum absolute atomic E-state index is 13.2. The molecule has 0 bridgehead atoms. The Bertz CT molecular complexity index is 1040. The second-order valence-corrected chi connectivity index (χ2v) is 8.88. The van der Waals surface area contributed by atoms with E-state index in [4.69, 9.17) is 15.5 Å². The van der Waals surface area contributed by atoms with Gasteiger partial charge in [0.25, 0.3) is 5.91 Å². The van der Waals surface area contributed by atoms with E-state index in [0.717, 1.165) is 35.1 Å². The number of para-hydroxylation sites is 1. The van der Waals surface area contributed by atoms with E-state index in [0.29, 0.717) is 44.1 Å². The molecular formula is C24H30N4O4. The Hall–Kier alpha value is -3.00. The van der Waals surface area contributed by atoms with Crippen molar-refractivity contribution in [1.29, 1.82) is 0 Å². The highest BCUT2D eigenvalue weighted by molar-refractivity contribution is 6.05. The van der Waals surface area contributed by atoms with E-state index in [2.05, 4.69) is 18.7 Å². The Kier molecular flexibility index (Phi) is 6.41. The van der Waals surface area contributed by atoms with Crippen LogP contribution in [0.5, 0.6) is 0 Å². The van der Waals surface area contributed by atoms with Crippen LogP contribution in [0.1, 0.15) is 48.3 Å². The molecule has 0 spiro atoms. The van der Waals surface area contributed by atoms with Crippen molar-refractivity contribution in [3.8, 4) is 0 Å². The first-order valence-corrected chi connectivity index (χ1v) is 11.2. The molecule has 0 radical (unpaired) electrons. The molecule has 3 heterocycles. The molecule has 0 aliphatic carbocycles. The highest BCUT2D eigenvalue weighted by Crippen LogP contribution is 2.29. The van der Waals surface area contributed by atoms with Crippen LogP contribution in [-0.2, 0) is 27.3 Å². The molecule has 1 aromatic heterocycles. The lowest BCUT2D eigenvalue weighted by Crippen LogP contribution is -2.43. The molecule has 0 unspecified atom stereocenters. The Morgan fingerprint density at radius 1 is 1.16 bits per heavy atom. The predicted molar refractivity (Wildman–Crippen MR) is 120 cm³/mol. The van der Waals surface area contributed by atoms with Gasteiger partial charge in [0.1, 0.15) is 0 Å². The fraction of sp³-hybridized carbons (Fsp3) is 0.500. The Labute approximate surface area is 187 Å². The number of carbonyl (C=O) groups excluding carboxylic acids is 3. The number of likely N-dealkylation sites (tertiary alicyclic amines) is 1. The van der Waals surface area contributed by atoms with E-state index in [9.17, 15) is 14.4 Å². The minimum absolute atomic E-state index is 0.194. The number of nitrogens with two attached hydrogens (primary N) is 1. The number of rotatable bonds is 5. The molecule has 2 amide bonds. The summed E-state index contributed by atoms with van der Waals surface area (Å²) in [6, 6.07) is 7.91. The van der Waals surface area contributed by atoms with Gasteiger partial charge >= 0.3 is 5.97 Å². The summed E-state index contributed by atoms with van der Waals surface area (Å²) in [5.41, 5.74) is 8.45. The summed E-state index contributed by atoms with van der Waals surface area (Å²) in [5, 5.41) is 0.747. The highest BCUT2D eigenvalue weighted by Gasteiger charge is 2.29. The zero-order valence-electron chi connectivity index (χ0n) is 18.7. The van der Waals surface area contributed by atoms with Gasteiger partial charge in [-0.1, -0.05) is 18.2 Å². The van der Waals surface area contributed by atoms with Crippen molar-refractivity contribution in [3.05, 3.63) is 41.1 Å². The number of nitrogens with zero attached hydrogens (tertiary/aromatic N) is 3. The number of pyridine rings is 1. The fourth-order valence-corrected chi connectivity index (χ4v) is 4.59. The van der Waals surface area contributed by atoms with Crippen molar-refractivity contribution in [2.45, 2.75) is 45.7 Å². The lowest BCUT2D eigenvalue weighted by atomic mass is 9.95. The van der Waals surface area contributed by atoms with E-state index in [1.165, 1.54) is 0 Å². The van der Waals surface area contributed by atoms with Gasteiger partial charge in [-0.3, -0.25) is 19.5 Å². The average molecular weight is 439 g/mol. The molecule has 1 fully saturated rings. The number of primary amides is 1. The maximum Gasteiger partial charge on any atom is 0.339 e. The summed E-state index contributed by atoms with van der Waals surface area (Å²) in [6.07, 6.45) is 1.86. The quantitative estimate of drug-likeness (QED) is 0.715. The number of ether oxygens (including phenoxy) is 1. The number of fused-ring (bicyclic) bond motifs is 2. The van der Waals surface area contributed by atoms with Crippen molar-refractivity contribution >= 4 is 28.7 Å². The van der Waals surface area contributed by atoms with Crippen LogP contribution in [0, 0.1) is 5.92 Å². The van der Waals surface area contributed by atoms with E-state index in [-0.39, 0.29) is 24.3 Å². The van der Waals surface area contributed by atoms with Crippen molar-refractivity contribution in [2.75, 3.05) is 26.2 Å². The SMILES string of the molecule is CC(C)N1CCc2nc3ccccc3c(C(=O)OCC(=O)N3CCC(C(N)=O)CC3)c2C1. The third kappa shape index (κ3) is 4.46. The Morgan fingerprint density at radius 2 is 1.88 bits per heavy atom. The number of aromatic nitrogens is 1. The van der Waals surface area contributed by atoms with Crippen LogP contribution >= 0.6 is 0 Å². The van der Waals surface area contributed by atoms with Crippen molar-refractivity contribution in [3.63, 3.8) is 0 Å². The number of carbonyl (C=O) groups is 3. The molecule has 1 aromatic carbocycles. The standard InChI is InChI=1S/C24H30N4O4/c1-15(2)28-12-9-20-18(13-28)22(17-5-3-4-6-19(17)26-20)24(31)32-14-21(29)27-10-7-16(8-11-27)23(25)30/h3-6,15-16H,7-14H2,1-2H3,(H2,25,30). The van der Waals surface area contributed by atoms with Gasteiger partial charge in [-0.15, -0.1) is 0 Å². The van der Waals surface area contributed by atoms with Gasteiger partial charge in [0.05, 0.1) is 11.1 Å². The summed E-state index contributed by atoms with van der Waals surface area (Å²) in [5.74, 6) is -1.27. The highest BCUT2D eigenvalue weighted by atomic mass is 16.5. The van der Waals surface area contributed by atoms with Crippen LogP contribution in [-0.4, -0.2) is 64.9 Å². The number of amides is 2. The van der Waals surface area contributed by atoms with Gasteiger partial charge in [-0.05, 0) is 32.8 Å². The molecule has 2 aliphatic heterocycles. The van der Waals surface area contributed by atoms with Crippen LogP contribution in [0.25, 0.3) is 10.9 Å². The smallest absolute Gasteiger partial charge is 0.339 e. The topological polar surface area (TPSA) is 106 Å². The summed E-state index contributed by atoms with van der Waals surface area (Å²) in [6.45, 7) is 6.37. The van der Waals surface area contributed by atoms with E-state index < -0.39 is 5.97 Å². The molecule has 2 N–H and O–H groups in total. The molecule has 1 saturated heterocycles. The number of benzene rings is 1. The second-order valence-electron chi connectivity index (χ2n) is 8.88. The van der Waals surface area contributed by atoms with Crippen molar-refractivity contribution < 1.29 is 19.1 Å². The number of hydrogen-bond acceptors (Lipinski definition) is 6. The molecule has 0 saturated carbocycles. The zero-order valence-corrected chi connectivity index (χ0v) is 18.7. The zero-order chi connectivity index (χ0) is 22.8. The molecule has 2 aliphatic rings. The van der Waals surface area contributed by atoms with Crippen LogP contribution in [0.2, 0.25) is 0 Å². The molecule has 8 nitrogen and oxygen atoms in total. The van der Waals surface area contributed by atoms with Gasteiger partial charge in [0, 0.05) is 61.2 Å². The van der Waals surface area contributed by atoms with Gasteiger partial charge in [-0.25, -0.2) is 4.79 Å². The average Bonchev–Trinajstić information content (AvgIpc) is 2.80.